The number of hydrogen-bond donors (Lipinski definition) is 1. The summed E-state index contributed by atoms with van der Waals surface area (Å²) in [5.41, 5.74) is 2.37. The monoisotopic (exact) mass is 268 g/mol. The molecule has 0 spiro atoms. The molecular weight excluding hydrogens is 252 g/mol. The number of fused-ring (bicyclic) bond motifs is 1. The largest absolute Gasteiger partial charge is 0.313 e. The number of nitrogens with zero attached hydrogens (tertiary/aromatic N) is 1. The van der Waals surface area contributed by atoms with E-state index in [1.807, 2.05) is 30.6 Å². The number of hydrogen-bond acceptors (Lipinski definition) is 3. The van der Waals surface area contributed by atoms with E-state index in [1.54, 1.807) is 0 Å². The van der Waals surface area contributed by atoms with Crippen LogP contribution < -0.4 is 5.32 Å². The molecule has 0 bridgehead atoms. The zero-order valence-corrected chi connectivity index (χ0v) is 11.7. The van der Waals surface area contributed by atoms with Crippen LogP contribution in [0.5, 0.6) is 0 Å². The van der Waals surface area contributed by atoms with Crippen molar-refractivity contribution in [1.29, 1.82) is 0 Å². The van der Waals surface area contributed by atoms with Crippen molar-refractivity contribution in [3.63, 3.8) is 0 Å². The molecular formula is C16H16N2S. The van der Waals surface area contributed by atoms with Crippen LogP contribution in [-0.2, 0) is 6.42 Å². The van der Waals surface area contributed by atoms with Gasteiger partial charge in [0.1, 0.15) is 0 Å². The second-order valence-corrected chi connectivity index (χ2v) is 5.61. The molecule has 2 heterocycles. The fourth-order valence-corrected chi connectivity index (χ4v) is 3.08. The molecule has 19 heavy (non-hydrogen) atoms. The summed E-state index contributed by atoms with van der Waals surface area (Å²) in [4.78, 5) is 5.77. The Hall–Kier alpha value is -1.71. The maximum Gasteiger partial charge on any atom is 0.0702 e. The summed E-state index contributed by atoms with van der Waals surface area (Å²) in [6.45, 7) is 0. The molecule has 3 heteroatoms. The van der Waals surface area contributed by atoms with Gasteiger partial charge in [-0.25, -0.2) is 0 Å². The molecule has 1 unspecified atom stereocenters. The maximum absolute atomic E-state index is 4.36. The van der Waals surface area contributed by atoms with Crippen molar-refractivity contribution in [2.24, 2.45) is 0 Å². The number of aromatic nitrogens is 1. The van der Waals surface area contributed by atoms with Crippen LogP contribution >= 0.6 is 11.3 Å². The fraction of sp³-hybridized carbons (Fsp3) is 0.188. The lowest BCUT2D eigenvalue weighted by Gasteiger charge is -2.16. The molecule has 0 saturated carbocycles. The van der Waals surface area contributed by atoms with E-state index in [4.69, 9.17) is 0 Å². The highest BCUT2D eigenvalue weighted by molar-refractivity contribution is 7.09. The van der Waals surface area contributed by atoms with E-state index in [0.717, 1.165) is 11.9 Å². The van der Waals surface area contributed by atoms with Gasteiger partial charge in [-0.3, -0.25) is 4.98 Å². The van der Waals surface area contributed by atoms with Crippen LogP contribution in [0.4, 0.5) is 0 Å². The Bertz CT molecular complexity index is 661. The lowest BCUT2D eigenvalue weighted by molar-refractivity contribution is 0.597. The minimum Gasteiger partial charge on any atom is -0.313 e. The average molecular weight is 268 g/mol. The molecule has 3 rings (SSSR count). The quantitative estimate of drug-likeness (QED) is 0.778. The summed E-state index contributed by atoms with van der Waals surface area (Å²) in [6.07, 6.45) is 2.86. The van der Waals surface area contributed by atoms with Crippen LogP contribution in [0.2, 0.25) is 0 Å². The Morgan fingerprint density at radius 3 is 2.95 bits per heavy atom. The molecule has 1 N–H and O–H groups in total. The highest BCUT2D eigenvalue weighted by Gasteiger charge is 2.11. The van der Waals surface area contributed by atoms with Gasteiger partial charge in [-0.2, -0.15) is 0 Å². The third-order valence-corrected chi connectivity index (χ3v) is 4.26. The second-order valence-electron chi connectivity index (χ2n) is 4.58. The third-order valence-electron chi connectivity index (χ3n) is 3.36. The van der Waals surface area contributed by atoms with E-state index in [9.17, 15) is 0 Å². The van der Waals surface area contributed by atoms with E-state index in [0.29, 0.717) is 6.04 Å². The van der Waals surface area contributed by atoms with Crippen LogP contribution in [-0.4, -0.2) is 12.0 Å². The molecule has 3 aromatic rings. The van der Waals surface area contributed by atoms with Crippen molar-refractivity contribution in [3.05, 3.63) is 64.5 Å². The normalized spacial score (nSPS) is 12.7. The first-order valence-corrected chi connectivity index (χ1v) is 7.29. The first-order chi connectivity index (χ1) is 9.36. The van der Waals surface area contributed by atoms with Crippen LogP contribution in [0.3, 0.4) is 0 Å². The Morgan fingerprint density at radius 2 is 2.16 bits per heavy atom. The number of thiophene rings is 1. The van der Waals surface area contributed by atoms with Crippen molar-refractivity contribution in [3.8, 4) is 0 Å². The molecule has 2 aromatic heterocycles. The minimum absolute atomic E-state index is 0.350. The van der Waals surface area contributed by atoms with Gasteiger partial charge in [0.2, 0.25) is 0 Å². The SMILES string of the molecule is CNC(Cc1cccs1)c1ccc2ncccc2c1. The number of benzene rings is 1. The van der Waals surface area contributed by atoms with Gasteiger partial charge in [0, 0.05) is 28.9 Å². The molecule has 2 nitrogen and oxygen atoms in total. The molecule has 0 aliphatic rings. The van der Waals surface area contributed by atoms with Crippen molar-refractivity contribution < 1.29 is 0 Å². The smallest absolute Gasteiger partial charge is 0.0702 e. The van der Waals surface area contributed by atoms with Gasteiger partial charge in [0.25, 0.3) is 0 Å². The Morgan fingerprint density at radius 1 is 1.21 bits per heavy atom. The van der Waals surface area contributed by atoms with Crippen molar-refractivity contribution in [2.75, 3.05) is 7.05 Å². The molecule has 1 aromatic carbocycles. The average Bonchev–Trinajstić information content (AvgIpc) is 2.97. The van der Waals surface area contributed by atoms with Gasteiger partial charge in [0.15, 0.2) is 0 Å². The van der Waals surface area contributed by atoms with E-state index >= 15 is 0 Å². The highest BCUT2D eigenvalue weighted by Crippen LogP contribution is 2.23. The summed E-state index contributed by atoms with van der Waals surface area (Å²) >= 11 is 1.81. The third kappa shape index (κ3) is 2.67. The predicted octanol–water partition coefficient (Wildman–Crippen LogP) is 3.80. The molecule has 0 amide bonds. The fourth-order valence-electron chi connectivity index (χ4n) is 2.33. The highest BCUT2D eigenvalue weighted by atomic mass is 32.1. The van der Waals surface area contributed by atoms with E-state index in [1.165, 1.54) is 15.8 Å². The zero-order valence-electron chi connectivity index (χ0n) is 10.8. The number of likely N-dealkylation sites (N-methyl/N-ethyl adjacent to an activating group) is 1. The van der Waals surface area contributed by atoms with Crippen molar-refractivity contribution in [2.45, 2.75) is 12.5 Å². The van der Waals surface area contributed by atoms with E-state index < -0.39 is 0 Å². The van der Waals surface area contributed by atoms with Gasteiger partial charge in [-0.15, -0.1) is 11.3 Å². The molecule has 0 saturated heterocycles. The molecule has 0 aliphatic carbocycles. The van der Waals surface area contributed by atoms with E-state index in [2.05, 4.69) is 52.1 Å². The minimum atomic E-state index is 0.350. The van der Waals surface area contributed by atoms with Gasteiger partial charge in [-0.05, 0) is 42.3 Å². The first kappa shape index (κ1) is 12.3. The van der Waals surface area contributed by atoms with Gasteiger partial charge < -0.3 is 5.32 Å². The number of rotatable bonds is 4. The van der Waals surface area contributed by atoms with Crippen LogP contribution in [0.1, 0.15) is 16.5 Å². The second kappa shape index (κ2) is 5.51. The van der Waals surface area contributed by atoms with E-state index in [-0.39, 0.29) is 0 Å². The first-order valence-electron chi connectivity index (χ1n) is 6.41. The molecule has 0 aliphatic heterocycles. The Kier molecular flexibility index (Phi) is 3.58. The lowest BCUT2D eigenvalue weighted by Crippen LogP contribution is -2.18. The Labute approximate surface area is 117 Å². The number of pyridine rings is 1. The summed E-state index contributed by atoms with van der Waals surface area (Å²) < 4.78 is 0. The van der Waals surface area contributed by atoms with Gasteiger partial charge in [-0.1, -0.05) is 18.2 Å². The molecule has 96 valence electrons. The number of nitrogens with one attached hydrogen (secondary N) is 1. The van der Waals surface area contributed by atoms with Crippen molar-refractivity contribution >= 4 is 22.2 Å². The Balaban J connectivity index is 1.92. The topological polar surface area (TPSA) is 24.9 Å². The van der Waals surface area contributed by atoms with Crippen LogP contribution in [0.25, 0.3) is 10.9 Å². The van der Waals surface area contributed by atoms with Crippen molar-refractivity contribution in [1.82, 2.24) is 10.3 Å². The lowest BCUT2D eigenvalue weighted by atomic mass is 10.0. The standard InChI is InChI=1S/C16H16N2S/c1-17-16(11-14-5-3-9-19-14)13-6-7-15-12(10-13)4-2-8-18-15/h2-10,16-17H,11H2,1H3. The summed E-state index contributed by atoms with van der Waals surface area (Å²) in [6, 6.07) is 15.3. The zero-order chi connectivity index (χ0) is 13.1. The van der Waals surface area contributed by atoms with Crippen LogP contribution in [0, 0.1) is 0 Å². The maximum atomic E-state index is 4.36. The van der Waals surface area contributed by atoms with Gasteiger partial charge in [0.05, 0.1) is 5.52 Å². The molecule has 0 radical (unpaired) electrons. The molecule has 1 atom stereocenters. The van der Waals surface area contributed by atoms with Gasteiger partial charge >= 0.3 is 0 Å². The summed E-state index contributed by atoms with van der Waals surface area (Å²) in [5, 5.41) is 6.74. The predicted molar refractivity (Wildman–Crippen MR) is 81.6 cm³/mol. The summed E-state index contributed by atoms with van der Waals surface area (Å²) in [7, 11) is 2.02. The van der Waals surface area contributed by atoms with Crippen LogP contribution in [0.15, 0.2) is 54.0 Å². The summed E-state index contributed by atoms with van der Waals surface area (Å²) in [5.74, 6) is 0. The molecule has 0 fully saturated rings.